The van der Waals surface area contributed by atoms with Gasteiger partial charge in [-0.25, -0.2) is 9.78 Å². The Bertz CT molecular complexity index is 1280. The van der Waals surface area contributed by atoms with Gasteiger partial charge >= 0.3 is 5.97 Å². The van der Waals surface area contributed by atoms with Crippen LogP contribution in [0.25, 0.3) is 21.6 Å². The van der Waals surface area contributed by atoms with Crippen molar-refractivity contribution in [2.24, 2.45) is 0 Å². The van der Waals surface area contributed by atoms with Gasteiger partial charge in [0, 0.05) is 17.0 Å². The number of carbonyl (C=O) groups excluding carboxylic acids is 1. The summed E-state index contributed by atoms with van der Waals surface area (Å²) in [5, 5.41) is 0.672. The zero-order valence-corrected chi connectivity index (χ0v) is 18.9. The number of fused-ring (bicyclic) bond motifs is 1. The zero-order valence-electron chi connectivity index (χ0n) is 18.0. The molecule has 2 aromatic heterocycles. The maximum Gasteiger partial charge on any atom is 0.337 e. The summed E-state index contributed by atoms with van der Waals surface area (Å²) in [6.07, 6.45) is 1.51. The minimum atomic E-state index is -0.382. The molecule has 0 aliphatic carbocycles. The average molecular weight is 449 g/mol. The maximum absolute atomic E-state index is 13.3. The number of aryl methyl sites for hydroxylation is 1. The Morgan fingerprint density at radius 3 is 2.53 bits per heavy atom. The van der Waals surface area contributed by atoms with Crippen LogP contribution in [0, 0.1) is 0 Å². The molecule has 0 saturated heterocycles. The van der Waals surface area contributed by atoms with Gasteiger partial charge in [0.1, 0.15) is 16.4 Å². The summed E-state index contributed by atoms with van der Waals surface area (Å²) in [5.41, 5.74) is 1.37. The highest BCUT2D eigenvalue weighted by atomic mass is 32.1. The minimum absolute atomic E-state index is 0.0211. The van der Waals surface area contributed by atoms with E-state index in [9.17, 15) is 9.59 Å². The molecule has 0 aliphatic heterocycles. The van der Waals surface area contributed by atoms with E-state index in [1.54, 1.807) is 40.2 Å². The molecule has 0 N–H and O–H groups in total. The van der Waals surface area contributed by atoms with Crippen LogP contribution in [0.5, 0.6) is 5.75 Å². The number of hydrogen-bond acceptors (Lipinski definition) is 6. The molecule has 4 rings (SSSR count). The minimum Gasteiger partial charge on any atom is -0.494 e. The van der Waals surface area contributed by atoms with Crippen LogP contribution in [0.1, 0.15) is 28.6 Å². The molecule has 2 heterocycles. The second-order valence-electron chi connectivity index (χ2n) is 7.26. The Morgan fingerprint density at radius 1 is 1.09 bits per heavy atom. The third-order valence-electron chi connectivity index (χ3n) is 5.15. The molecule has 0 atom stereocenters. The highest BCUT2D eigenvalue weighted by molar-refractivity contribution is 7.18. The quantitative estimate of drug-likeness (QED) is 0.282. The lowest BCUT2D eigenvalue weighted by atomic mass is 10.2. The summed E-state index contributed by atoms with van der Waals surface area (Å²) in [4.78, 5) is 31.6. The van der Waals surface area contributed by atoms with Crippen molar-refractivity contribution in [1.29, 1.82) is 0 Å². The fraction of sp³-hybridized carbons (Fsp3) is 0.240. The summed E-state index contributed by atoms with van der Waals surface area (Å²) in [6, 6.07) is 18.5. The van der Waals surface area contributed by atoms with Crippen molar-refractivity contribution in [3.63, 3.8) is 0 Å². The van der Waals surface area contributed by atoms with Gasteiger partial charge in [-0.3, -0.25) is 9.36 Å². The van der Waals surface area contributed by atoms with Crippen molar-refractivity contribution in [3.8, 4) is 17.1 Å². The van der Waals surface area contributed by atoms with Crippen molar-refractivity contribution in [1.82, 2.24) is 9.55 Å². The van der Waals surface area contributed by atoms with Crippen molar-refractivity contribution in [2.45, 2.75) is 26.3 Å². The first-order valence-corrected chi connectivity index (χ1v) is 11.3. The molecular formula is C25H24N2O4S. The van der Waals surface area contributed by atoms with Crippen LogP contribution in [0.4, 0.5) is 0 Å². The molecule has 0 amide bonds. The number of aromatic nitrogens is 2. The van der Waals surface area contributed by atoms with E-state index in [0.717, 1.165) is 21.7 Å². The highest BCUT2D eigenvalue weighted by Gasteiger charge is 2.15. The van der Waals surface area contributed by atoms with Gasteiger partial charge in [-0.05, 0) is 43.2 Å². The standard InChI is InChI=1S/C25H24N2O4S/c1-3-20-16-21-23(32-20)26-22(17-8-5-4-6-9-17)27(24(21)28)14-7-15-31-19-12-10-18(11-13-19)25(29)30-2/h4-6,8-13,16H,3,7,14-15H2,1-2H3. The van der Waals surface area contributed by atoms with Crippen LogP contribution in [-0.4, -0.2) is 29.2 Å². The van der Waals surface area contributed by atoms with E-state index in [2.05, 4.69) is 6.92 Å². The molecule has 7 heteroatoms. The molecule has 0 saturated carbocycles. The van der Waals surface area contributed by atoms with Gasteiger partial charge in [0.15, 0.2) is 0 Å². The van der Waals surface area contributed by atoms with Crippen LogP contribution < -0.4 is 10.3 Å². The fourth-order valence-corrected chi connectivity index (χ4v) is 4.43. The van der Waals surface area contributed by atoms with Crippen molar-refractivity contribution in [2.75, 3.05) is 13.7 Å². The molecule has 164 valence electrons. The first-order valence-electron chi connectivity index (χ1n) is 10.5. The number of ether oxygens (including phenoxy) is 2. The third-order valence-corrected chi connectivity index (χ3v) is 6.33. The number of nitrogens with zero attached hydrogens (tertiary/aromatic N) is 2. The SMILES string of the molecule is CCc1cc2c(=O)n(CCCOc3ccc(C(=O)OC)cc3)c(-c3ccccc3)nc2s1. The zero-order chi connectivity index (χ0) is 22.5. The summed E-state index contributed by atoms with van der Waals surface area (Å²) in [6.45, 7) is 3.00. The normalized spacial score (nSPS) is 10.9. The van der Waals surface area contributed by atoms with E-state index >= 15 is 0 Å². The van der Waals surface area contributed by atoms with Crippen molar-refractivity contribution < 1.29 is 14.3 Å². The van der Waals surface area contributed by atoms with Gasteiger partial charge in [-0.2, -0.15) is 0 Å². The van der Waals surface area contributed by atoms with E-state index in [4.69, 9.17) is 14.5 Å². The molecule has 0 spiro atoms. The number of hydrogen-bond donors (Lipinski definition) is 0. The van der Waals surface area contributed by atoms with Gasteiger partial charge in [0.05, 0.1) is 24.7 Å². The highest BCUT2D eigenvalue weighted by Crippen LogP contribution is 2.25. The Balaban J connectivity index is 1.53. The predicted molar refractivity (Wildman–Crippen MR) is 127 cm³/mol. The van der Waals surface area contributed by atoms with Crippen molar-refractivity contribution >= 4 is 27.5 Å². The molecule has 0 aliphatic rings. The summed E-state index contributed by atoms with van der Waals surface area (Å²) in [7, 11) is 1.35. The topological polar surface area (TPSA) is 70.4 Å². The number of thiophene rings is 1. The van der Waals surface area contributed by atoms with Crippen LogP contribution in [0.15, 0.2) is 65.5 Å². The Kier molecular flexibility index (Phi) is 6.66. The van der Waals surface area contributed by atoms with Crippen LogP contribution >= 0.6 is 11.3 Å². The molecule has 0 bridgehead atoms. The molecule has 0 fully saturated rings. The predicted octanol–water partition coefficient (Wildman–Crippen LogP) is 4.94. The van der Waals surface area contributed by atoms with Crippen LogP contribution in [0.2, 0.25) is 0 Å². The van der Waals surface area contributed by atoms with E-state index in [-0.39, 0.29) is 11.5 Å². The average Bonchev–Trinajstić information content (AvgIpc) is 3.27. The Morgan fingerprint density at radius 2 is 1.84 bits per heavy atom. The van der Waals surface area contributed by atoms with Crippen LogP contribution in [0.3, 0.4) is 0 Å². The van der Waals surface area contributed by atoms with Gasteiger partial charge in [0.25, 0.3) is 5.56 Å². The Hall–Kier alpha value is -3.45. The smallest absolute Gasteiger partial charge is 0.337 e. The number of rotatable bonds is 8. The number of carbonyl (C=O) groups is 1. The number of benzene rings is 2. The third kappa shape index (κ3) is 4.57. The van der Waals surface area contributed by atoms with Crippen molar-refractivity contribution in [3.05, 3.63) is 81.5 Å². The van der Waals surface area contributed by atoms with Crippen LogP contribution in [-0.2, 0) is 17.7 Å². The molecule has 4 aromatic rings. The second-order valence-corrected chi connectivity index (χ2v) is 8.38. The molecular weight excluding hydrogens is 424 g/mol. The summed E-state index contributed by atoms with van der Waals surface area (Å²) < 4.78 is 12.3. The molecule has 0 radical (unpaired) electrons. The second kappa shape index (κ2) is 9.78. The molecule has 6 nitrogen and oxygen atoms in total. The summed E-state index contributed by atoms with van der Waals surface area (Å²) in [5.74, 6) is 0.953. The number of methoxy groups -OCH3 is 1. The largest absolute Gasteiger partial charge is 0.494 e. The molecule has 2 aromatic carbocycles. The van der Waals surface area contributed by atoms with Gasteiger partial charge in [-0.1, -0.05) is 37.3 Å². The summed E-state index contributed by atoms with van der Waals surface area (Å²) >= 11 is 1.58. The molecule has 32 heavy (non-hydrogen) atoms. The van der Waals surface area contributed by atoms with Gasteiger partial charge in [0.2, 0.25) is 0 Å². The number of esters is 1. The lowest BCUT2D eigenvalue weighted by Crippen LogP contribution is -2.24. The fourth-order valence-electron chi connectivity index (χ4n) is 3.47. The van der Waals surface area contributed by atoms with E-state index < -0.39 is 0 Å². The molecule has 0 unspecified atom stereocenters. The monoisotopic (exact) mass is 448 g/mol. The Labute approximate surface area is 190 Å². The van der Waals surface area contributed by atoms with Gasteiger partial charge in [-0.15, -0.1) is 11.3 Å². The first kappa shape index (κ1) is 21.8. The lowest BCUT2D eigenvalue weighted by Gasteiger charge is -2.13. The van der Waals surface area contributed by atoms with E-state index in [0.29, 0.717) is 42.1 Å². The van der Waals surface area contributed by atoms with Gasteiger partial charge < -0.3 is 9.47 Å². The van der Waals surface area contributed by atoms with E-state index in [1.165, 1.54) is 7.11 Å². The maximum atomic E-state index is 13.3. The van der Waals surface area contributed by atoms with E-state index in [1.807, 2.05) is 36.4 Å². The lowest BCUT2D eigenvalue weighted by molar-refractivity contribution is 0.0600. The first-order chi connectivity index (χ1) is 15.6.